The molecule has 0 saturated heterocycles. The second kappa shape index (κ2) is 6.31. The number of carbonyl (C=O) groups is 1. The summed E-state index contributed by atoms with van der Waals surface area (Å²) in [5, 5.41) is 2.69. The first-order valence-electron chi connectivity index (χ1n) is 7.09. The Morgan fingerprint density at radius 2 is 2.09 bits per heavy atom. The predicted molar refractivity (Wildman–Crippen MR) is 86.5 cm³/mol. The number of benzene rings is 1. The number of aromatic nitrogens is 2. The summed E-state index contributed by atoms with van der Waals surface area (Å²) in [5.74, 6) is 0.442. The van der Waals surface area contributed by atoms with Crippen LogP contribution in [0.15, 0.2) is 59.5 Å². The average Bonchev–Trinajstić information content (AvgIpc) is 2.53. The van der Waals surface area contributed by atoms with E-state index in [2.05, 4.69) is 10.3 Å². The molecule has 3 aromatic rings. The van der Waals surface area contributed by atoms with Crippen molar-refractivity contribution < 1.29 is 9.53 Å². The van der Waals surface area contributed by atoms with Crippen LogP contribution in [0.3, 0.4) is 0 Å². The van der Waals surface area contributed by atoms with E-state index in [0.29, 0.717) is 22.8 Å². The molecule has 0 spiro atoms. The van der Waals surface area contributed by atoms with Crippen LogP contribution in [0.1, 0.15) is 12.6 Å². The standard InChI is InChI=1S/C17H15N3O3/c1-12(21)18-13-5-4-6-15(9-13)23-11-14-10-17(22)20-8-3-2-7-16(20)19-14/h2-10H,11H2,1H3,(H,18,21). The van der Waals surface area contributed by atoms with E-state index in [0.717, 1.165) is 0 Å². The summed E-state index contributed by atoms with van der Waals surface area (Å²) in [5.41, 5.74) is 1.62. The molecule has 0 saturated carbocycles. The lowest BCUT2D eigenvalue weighted by molar-refractivity contribution is -0.114. The van der Waals surface area contributed by atoms with Crippen molar-refractivity contribution in [2.24, 2.45) is 0 Å². The quantitative estimate of drug-likeness (QED) is 0.802. The minimum atomic E-state index is -0.152. The van der Waals surface area contributed by atoms with Crippen molar-refractivity contribution in [3.63, 3.8) is 0 Å². The molecule has 2 heterocycles. The highest BCUT2D eigenvalue weighted by Gasteiger charge is 2.04. The maximum absolute atomic E-state index is 12.0. The molecule has 0 aliphatic rings. The van der Waals surface area contributed by atoms with Crippen LogP contribution in [0.25, 0.3) is 5.65 Å². The molecule has 0 unspecified atom stereocenters. The maximum Gasteiger partial charge on any atom is 0.258 e. The van der Waals surface area contributed by atoms with E-state index in [9.17, 15) is 9.59 Å². The lowest BCUT2D eigenvalue weighted by Crippen LogP contribution is -2.16. The van der Waals surface area contributed by atoms with Gasteiger partial charge in [0.15, 0.2) is 0 Å². The number of rotatable bonds is 4. The van der Waals surface area contributed by atoms with E-state index < -0.39 is 0 Å². The number of nitrogens with one attached hydrogen (secondary N) is 1. The molecule has 6 heteroatoms. The van der Waals surface area contributed by atoms with E-state index in [1.165, 1.54) is 17.4 Å². The molecular formula is C17H15N3O3. The van der Waals surface area contributed by atoms with Gasteiger partial charge < -0.3 is 10.1 Å². The zero-order valence-corrected chi connectivity index (χ0v) is 12.5. The first kappa shape index (κ1) is 14.8. The van der Waals surface area contributed by atoms with Crippen LogP contribution in [0.4, 0.5) is 5.69 Å². The first-order valence-corrected chi connectivity index (χ1v) is 7.09. The Hall–Kier alpha value is -3.15. The van der Waals surface area contributed by atoms with Gasteiger partial charge in [-0.2, -0.15) is 0 Å². The highest BCUT2D eigenvalue weighted by atomic mass is 16.5. The SMILES string of the molecule is CC(=O)Nc1cccc(OCc2cc(=O)n3ccccc3n2)c1. The molecule has 0 aliphatic carbocycles. The Balaban J connectivity index is 1.78. The number of amides is 1. The fourth-order valence-electron chi connectivity index (χ4n) is 2.20. The highest BCUT2D eigenvalue weighted by Crippen LogP contribution is 2.18. The molecular weight excluding hydrogens is 294 g/mol. The molecule has 0 aliphatic heterocycles. The van der Waals surface area contributed by atoms with E-state index >= 15 is 0 Å². The fourth-order valence-corrected chi connectivity index (χ4v) is 2.20. The number of hydrogen-bond donors (Lipinski definition) is 1. The molecule has 3 rings (SSSR count). The molecule has 23 heavy (non-hydrogen) atoms. The Morgan fingerprint density at radius 3 is 2.91 bits per heavy atom. The monoisotopic (exact) mass is 309 g/mol. The molecule has 1 amide bonds. The van der Waals surface area contributed by atoms with E-state index in [-0.39, 0.29) is 18.1 Å². The van der Waals surface area contributed by atoms with E-state index in [1.807, 2.05) is 6.07 Å². The van der Waals surface area contributed by atoms with Crippen LogP contribution in [-0.2, 0) is 11.4 Å². The number of anilines is 1. The van der Waals surface area contributed by atoms with Gasteiger partial charge in [-0.15, -0.1) is 0 Å². The van der Waals surface area contributed by atoms with Gasteiger partial charge in [0, 0.05) is 30.9 Å². The Bertz CT molecular complexity index is 918. The Kier molecular flexibility index (Phi) is 4.05. The van der Waals surface area contributed by atoms with E-state index in [1.54, 1.807) is 42.6 Å². The lowest BCUT2D eigenvalue weighted by atomic mass is 10.3. The minimum Gasteiger partial charge on any atom is -0.487 e. The van der Waals surface area contributed by atoms with Crippen molar-refractivity contribution in [1.29, 1.82) is 0 Å². The van der Waals surface area contributed by atoms with Gasteiger partial charge in [0.05, 0.1) is 5.69 Å². The third-order valence-electron chi connectivity index (χ3n) is 3.17. The Labute approximate surface area is 132 Å². The van der Waals surface area contributed by atoms with Crippen LogP contribution in [-0.4, -0.2) is 15.3 Å². The van der Waals surface area contributed by atoms with Gasteiger partial charge in [0.2, 0.25) is 5.91 Å². The number of hydrogen-bond acceptors (Lipinski definition) is 4. The molecule has 0 atom stereocenters. The van der Waals surface area contributed by atoms with Crippen LogP contribution in [0.5, 0.6) is 5.75 Å². The predicted octanol–water partition coefficient (Wildman–Crippen LogP) is 2.23. The third-order valence-corrected chi connectivity index (χ3v) is 3.17. The van der Waals surface area contributed by atoms with Gasteiger partial charge in [-0.3, -0.25) is 14.0 Å². The van der Waals surface area contributed by atoms with Crippen LogP contribution >= 0.6 is 0 Å². The number of ether oxygens (including phenoxy) is 1. The van der Waals surface area contributed by atoms with Gasteiger partial charge in [0.25, 0.3) is 5.56 Å². The minimum absolute atomic E-state index is 0.147. The molecule has 6 nitrogen and oxygen atoms in total. The summed E-state index contributed by atoms with van der Waals surface area (Å²) in [4.78, 5) is 27.5. The topological polar surface area (TPSA) is 72.7 Å². The summed E-state index contributed by atoms with van der Waals surface area (Å²) < 4.78 is 7.13. The molecule has 0 bridgehead atoms. The molecule has 2 aromatic heterocycles. The summed E-state index contributed by atoms with van der Waals surface area (Å²) in [6, 6.07) is 13.9. The molecule has 0 radical (unpaired) electrons. The second-order valence-corrected chi connectivity index (χ2v) is 5.01. The van der Waals surface area contributed by atoms with Gasteiger partial charge in [-0.1, -0.05) is 12.1 Å². The van der Waals surface area contributed by atoms with Crippen LogP contribution in [0.2, 0.25) is 0 Å². The van der Waals surface area contributed by atoms with Crippen LogP contribution in [0, 0.1) is 0 Å². The molecule has 1 aromatic carbocycles. The third kappa shape index (κ3) is 3.55. The van der Waals surface area contributed by atoms with Gasteiger partial charge in [0.1, 0.15) is 18.0 Å². The van der Waals surface area contributed by atoms with Crippen molar-refractivity contribution >= 4 is 17.2 Å². The maximum atomic E-state index is 12.0. The second-order valence-electron chi connectivity index (χ2n) is 5.01. The highest BCUT2D eigenvalue weighted by molar-refractivity contribution is 5.88. The van der Waals surface area contributed by atoms with Crippen molar-refractivity contribution in [2.75, 3.05) is 5.32 Å². The number of fused-ring (bicyclic) bond motifs is 1. The smallest absolute Gasteiger partial charge is 0.258 e. The van der Waals surface area contributed by atoms with Gasteiger partial charge in [-0.25, -0.2) is 4.98 Å². The zero-order valence-electron chi connectivity index (χ0n) is 12.5. The Morgan fingerprint density at radius 1 is 1.22 bits per heavy atom. The van der Waals surface area contributed by atoms with Crippen molar-refractivity contribution in [3.05, 3.63) is 70.8 Å². The van der Waals surface area contributed by atoms with Crippen molar-refractivity contribution in [3.8, 4) is 5.75 Å². The van der Waals surface area contributed by atoms with Crippen molar-refractivity contribution in [1.82, 2.24) is 9.38 Å². The zero-order chi connectivity index (χ0) is 16.2. The van der Waals surface area contributed by atoms with E-state index in [4.69, 9.17) is 4.74 Å². The lowest BCUT2D eigenvalue weighted by Gasteiger charge is -2.08. The van der Waals surface area contributed by atoms with Gasteiger partial charge >= 0.3 is 0 Å². The number of nitrogens with zero attached hydrogens (tertiary/aromatic N) is 2. The molecule has 0 fully saturated rings. The van der Waals surface area contributed by atoms with Crippen molar-refractivity contribution in [2.45, 2.75) is 13.5 Å². The first-order chi connectivity index (χ1) is 11.1. The molecule has 116 valence electrons. The summed E-state index contributed by atoms with van der Waals surface area (Å²) in [7, 11) is 0. The molecule has 1 N–H and O–H groups in total. The van der Waals surface area contributed by atoms with Crippen LogP contribution < -0.4 is 15.6 Å². The van der Waals surface area contributed by atoms with Gasteiger partial charge in [-0.05, 0) is 24.3 Å². The fraction of sp³-hybridized carbons (Fsp3) is 0.118. The average molecular weight is 309 g/mol. The summed E-state index contributed by atoms with van der Waals surface area (Å²) in [6.45, 7) is 1.62. The normalized spacial score (nSPS) is 10.5. The summed E-state index contributed by atoms with van der Waals surface area (Å²) >= 11 is 0. The number of carbonyl (C=O) groups excluding carboxylic acids is 1. The summed E-state index contributed by atoms with van der Waals surface area (Å²) in [6.07, 6.45) is 1.67. The largest absolute Gasteiger partial charge is 0.487 e. The number of pyridine rings is 1.